The molecule has 0 bridgehead atoms. The number of amides is 1. The zero-order chi connectivity index (χ0) is 11.7. The lowest BCUT2D eigenvalue weighted by atomic mass is 10.00. The first-order chi connectivity index (χ1) is 7.61. The summed E-state index contributed by atoms with van der Waals surface area (Å²) < 4.78 is 0. The number of carbonyl (C=O) groups is 2. The average Bonchev–Trinajstić information content (AvgIpc) is 2.57. The Bertz CT molecular complexity index is 454. The van der Waals surface area contributed by atoms with Crippen LogP contribution in [0.4, 0.5) is 5.69 Å². The highest BCUT2D eigenvalue weighted by molar-refractivity contribution is 5.99. The summed E-state index contributed by atoms with van der Waals surface area (Å²) in [4.78, 5) is 22.6. The van der Waals surface area contributed by atoms with E-state index in [0.717, 1.165) is 16.8 Å². The van der Waals surface area contributed by atoms with Crippen molar-refractivity contribution in [3.05, 3.63) is 29.3 Å². The van der Waals surface area contributed by atoms with Gasteiger partial charge in [0.2, 0.25) is 5.91 Å². The standard InChI is InChI=1S/C12H14N2O2/c1-7(15)12(13-2)8-3-4-10-9(5-8)6-11(16)14-10/h3-5,12-13H,6H2,1-2H3,(H,14,16). The summed E-state index contributed by atoms with van der Waals surface area (Å²) in [7, 11) is 1.75. The van der Waals surface area contributed by atoms with Gasteiger partial charge in [-0.05, 0) is 31.2 Å². The van der Waals surface area contributed by atoms with Gasteiger partial charge in [0.1, 0.15) is 0 Å². The van der Waals surface area contributed by atoms with Gasteiger partial charge in [0.15, 0.2) is 5.78 Å². The Balaban J connectivity index is 2.35. The molecule has 1 amide bonds. The molecule has 1 aromatic rings. The Morgan fingerprint density at radius 1 is 1.50 bits per heavy atom. The molecule has 84 valence electrons. The highest BCUT2D eigenvalue weighted by Crippen LogP contribution is 2.26. The zero-order valence-corrected chi connectivity index (χ0v) is 9.33. The molecule has 4 heteroatoms. The fourth-order valence-electron chi connectivity index (χ4n) is 2.03. The minimum Gasteiger partial charge on any atom is -0.326 e. The number of benzene rings is 1. The lowest BCUT2D eigenvalue weighted by Crippen LogP contribution is -2.23. The highest BCUT2D eigenvalue weighted by atomic mass is 16.1. The van der Waals surface area contributed by atoms with E-state index in [1.54, 1.807) is 14.0 Å². The summed E-state index contributed by atoms with van der Waals surface area (Å²) in [5.74, 6) is 0.0794. The van der Waals surface area contributed by atoms with Crippen molar-refractivity contribution in [3.8, 4) is 0 Å². The smallest absolute Gasteiger partial charge is 0.228 e. The van der Waals surface area contributed by atoms with E-state index in [4.69, 9.17) is 0 Å². The zero-order valence-electron chi connectivity index (χ0n) is 9.33. The number of hydrogen-bond acceptors (Lipinski definition) is 3. The number of ketones is 1. The van der Waals surface area contributed by atoms with Crippen molar-refractivity contribution in [2.24, 2.45) is 0 Å². The third-order valence-corrected chi connectivity index (χ3v) is 2.78. The molecule has 0 aliphatic carbocycles. The maximum atomic E-state index is 11.4. The first-order valence-corrected chi connectivity index (χ1v) is 5.22. The van der Waals surface area contributed by atoms with Crippen LogP contribution in [0.15, 0.2) is 18.2 Å². The fourth-order valence-corrected chi connectivity index (χ4v) is 2.03. The predicted octanol–water partition coefficient (Wildman–Crippen LogP) is 1.03. The summed E-state index contributed by atoms with van der Waals surface area (Å²) in [5, 5.41) is 5.73. The normalized spacial score (nSPS) is 15.5. The summed E-state index contributed by atoms with van der Waals surface area (Å²) in [6.45, 7) is 1.55. The van der Waals surface area contributed by atoms with Crippen molar-refractivity contribution in [3.63, 3.8) is 0 Å². The highest BCUT2D eigenvalue weighted by Gasteiger charge is 2.20. The molecule has 1 unspecified atom stereocenters. The van der Waals surface area contributed by atoms with Crippen LogP contribution in [0.2, 0.25) is 0 Å². The Morgan fingerprint density at radius 2 is 2.25 bits per heavy atom. The molecule has 1 aliphatic heterocycles. The van der Waals surface area contributed by atoms with Gasteiger partial charge in [-0.3, -0.25) is 9.59 Å². The van der Waals surface area contributed by atoms with Crippen LogP contribution in [0.25, 0.3) is 0 Å². The van der Waals surface area contributed by atoms with Crippen molar-refractivity contribution >= 4 is 17.4 Å². The van der Waals surface area contributed by atoms with E-state index in [-0.39, 0.29) is 17.7 Å². The first kappa shape index (κ1) is 10.8. The van der Waals surface area contributed by atoms with Crippen LogP contribution in [0, 0.1) is 0 Å². The van der Waals surface area contributed by atoms with Crippen LogP contribution in [-0.4, -0.2) is 18.7 Å². The van der Waals surface area contributed by atoms with Crippen LogP contribution in [0.1, 0.15) is 24.1 Å². The molecule has 0 saturated carbocycles. The van der Waals surface area contributed by atoms with E-state index >= 15 is 0 Å². The Morgan fingerprint density at radius 3 is 2.88 bits per heavy atom. The van der Waals surface area contributed by atoms with Crippen LogP contribution >= 0.6 is 0 Å². The molecule has 1 heterocycles. The number of anilines is 1. The summed E-state index contributed by atoms with van der Waals surface area (Å²) >= 11 is 0. The van der Waals surface area contributed by atoms with Gasteiger partial charge in [0.05, 0.1) is 12.5 Å². The van der Waals surface area contributed by atoms with Crippen molar-refractivity contribution in [2.45, 2.75) is 19.4 Å². The van der Waals surface area contributed by atoms with E-state index in [0.29, 0.717) is 6.42 Å². The average molecular weight is 218 g/mol. The van der Waals surface area contributed by atoms with Gasteiger partial charge in [-0.2, -0.15) is 0 Å². The van der Waals surface area contributed by atoms with Gasteiger partial charge in [0.25, 0.3) is 0 Å². The van der Waals surface area contributed by atoms with Crippen LogP contribution < -0.4 is 10.6 Å². The van der Waals surface area contributed by atoms with Crippen molar-refractivity contribution in [2.75, 3.05) is 12.4 Å². The SMILES string of the molecule is CNC(C(C)=O)c1ccc2c(c1)CC(=O)N2. The molecule has 0 saturated heterocycles. The first-order valence-electron chi connectivity index (χ1n) is 5.22. The summed E-state index contributed by atoms with van der Waals surface area (Å²) in [6, 6.07) is 5.34. The van der Waals surface area contributed by atoms with E-state index in [1.807, 2.05) is 18.2 Å². The number of likely N-dealkylation sites (N-methyl/N-ethyl adjacent to an activating group) is 1. The molecule has 0 fully saturated rings. The minimum atomic E-state index is -0.291. The van der Waals surface area contributed by atoms with E-state index < -0.39 is 0 Å². The van der Waals surface area contributed by atoms with Crippen LogP contribution in [0.3, 0.4) is 0 Å². The third kappa shape index (κ3) is 1.84. The second-order valence-electron chi connectivity index (χ2n) is 3.97. The topological polar surface area (TPSA) is 58.2 Å². The van der Waals surface area contributed by atoms with E-state index in [2.05, 4.69) is 10.6 Å². The second kappa shape index (κ2) is 4.06. The molecule has 1 atom stereocenters. The number of hydrogen-bond donors (Lipinski definition) is 2. The summed E-state index contributed by atoms with van der Waals surface area (Å²) in [5.41, 5.74) is 2.72. The Hall–Kier alpha value is -1.68. The van der Waals surface area contributed by atoms with Gasteiger partial charge < -0.3 is 10.6 Å². The predicted molar refractivity (Wildman–Crippen MR) is 61.3 cm³/mol. The molecule has 2 rings (SSSR count). The molecule has 0 radical (unpaired) electrons. The van der Waals surface area contributed by atoms with Crippen LogP contribution in [0.5, 0.6) is 0 Å². The number of fused-ring (bicyclic) bond motifs is 1. The largest absolute Gasteiger partial charge is 0.326 e. The quantitative estimate of drug-likeness (QED) is 0.796. The molecule has 4 nitrogen and oxygen atoms in total. The number of carbonyl (C=O) groups excluding carboxylic acids is 2. The lowest BCUT2D eigenvalue weighted by molar-refractivity contribution is -0.119. The molecular weight excluding hydrogens is 204 g/mol. The maximum absolute atomic E-state index is 11.4. The van der Waals surface area contributed by atoms with Crippen molar-refractivity contribution in [1.29, 1.82) is 0 Å². The van der Waals surface area contributed by atoms with E-state index in [9.17, 15) is 9.59 Å². The minimum absolute atomic E-state index is 0.0102. The number of Topliss-reactive ketones (excluding diaryl/α,β-unsaturated/α-hetero) is 1. The number of nitrogens with one attached hydrogen (secondary N) is 2. The Kier molecular flexibility index (Phi) is 2.75. The second-order valence-corrected chi connectivity index (χ2v) is 3.97. The van der Waals surface area contributed by atoms with Crippen molar-refractivity contribution < 1.29 is 9.59 Å². The van der Waals surface area contributed by atoms with E-state index in [1.165, 1.54) is 0 Å². The fraction of sp³-hybridized carbons (Fsp3) is 0.333. The van der Waals surface area contributed by atoms with Gasteiger partial charge in [-0.25, -0.2) is 0 Å². The van der Waals surface area contributed by atoms with Crippen LogP contribution in [-0.2, 0) is 16.0 Å². The van der Waals surface area contributed by atoms with Gasteiger partial charge in [0, 0.05) is 5.69 Å². The maximum Gasteiger partial charge on any atom is 0.228 e. The number of rotatable bonds is 3. The van der Waals surface area contributed by atoms with Gasteiger partial charge >= 0.3 is 0 Å². The molecule has 2 N–H and O–H groups in total. The lowest BCUT2D eigenvalue weighted by Gasteiger charge is -2.13. The molecule has 0 aromatic heterocycles. The van der Waals surface area contributed by atoms with Crippen molar-refractivity contribution in [1.82, 2.24) is 5.32 Å². The van der Waals surface area contributed by atoms with Gasteiger partial charge in [-0.15, -0.1) is 0 Å². The molecule has 1 aromatic carbocycles. The third-order valence-electron chi connectivity index (χ3n) is 2.78. The molecule has 1 aliphatic rings. The Labute approximate surface area is 94.0 Å². The monoisotopic (exact) mass is 218 g/mol. The molecule has 16 heavy (non-hydrogen) atoms. The molecule has 0 spiro atoms. The van der Waals surface area contributed by atoms with Gasteiger partial charge in [-0.1, -0.05) is 12.1 Å². The summed E-state index contributed by atoms with van der Waals surface area (Å²) in [6.07, 6.45) is 0.400. The molecular formula is C12H14N2O2.